The number of piperidine rings is 1. The molecule has 4 nitrogen and oxygen atoms in total. The standard InChI is InChI=1S/C25H27N3O/c1-27-16-22(21-9-5-6-10-23(21)27)24-26-17-25(29-24)13-19-11-12-20(14-25)28(19)15-18-7-3-2-4-8-18/h2-10,16,19-20H,11-15,17H2,1H3/t19-,20+,25?. The predicted molar refractivity (Wildman–Crippen MR) is 116 cm³/mol. The molecular weight excluding hydrogens is 358 g/mol. The van der Waals surface area contributed by atoms with Crippen molar-refractivity contribution in [2.24, 2.45) is 12.0 Å². The highest BCUT2D eigenvalue weighted by Gasteiger charge is 2.52. The van der Waals surface area contributed by atoms with Crippen LogP contribution >= 0.6 is 0 Å². The van der Waals surface area contributed by atoms with Gasteiger partial charge in [0.1, 0.15) is 5.60 Å². The molecule has 3 aliphatic heterocycles. The van der Waals surface area contributed by atoms with Crippen molar-refractivity contribution in [3.05, 3.63) is 71.9 Å². The van der Waals surface area contributed by atoms with Crippen LogP contribution in [0.1, 0.15) is 36.8 Å². The third-order valence-corrected chi connectivity index (χ3v) is 7.15. The lowest BCUT2D eigenvalue weighted by Gasteiger charge is -2.43. The molecule has 29 heavy (non-hydrogen) atoms. The van der Waals surface area contributed by atoms with Gasteiger partial charge in [0.05, 0.1) is 12.1 Å². The number of hydrogen-bond acceptors (Lipinski definition) is 3. The number of benzene rings is 2. The summed E-state index contributed by atoms with van der Waals surface area (Å²) in [6.45, 7) is 1.86. The molecular formula is C25H27N3O. The average Bonchev–Trinajstić information content (AvgIpc) is 3.37. The van der Waals surface area contributed by atoms with Crippen molar-refractivity contribution in [2.75, 3.05) is 6.54 Å². The molecule has 2 aromatic carbocycles. The van der Waals surface area contributed by atoms with E-state index in [1.54, 1.807) is 0 Å². The van der Waals surface area contributed by atoms with Crippen molar-refractivity contribution in [1.29, 1.82) is 0 Å². The quantitative estimate of drug-likeness (QED) is 0.663. The molecule has 0 aliphatic carbocycles. The van der Waals surface area contributed by atoms with Gasteiger partial charge >= 0.3 is 0 Å². The molecule has 0 N–H and O–H groups in total. The lowest BCUT2D eigenvalue weighted by molar-refractivity contribution is -0.0245. The molecule has 6 rings (SSSR count). The molecule has 4 heteroatoms. The van der Waals surface area contributed by atoms with Gasteiger partial charge in [-0.3, -0.25) is 4.90 Å². The van der Waals surface area contributed by atoms with Gasteiger partial charge in [0.25, 0.3) is 0 Å². The summed E-state index contributed by atoms with van der Waals surface area (Å²) in [7, 11) is 2.10. The SMILES string of the molecule is Cn1cc(C2=NCC3(C[C@H]4CC[C@@H](C3)N4Cc3ccccc3)O2)c2ccccc21. The zero-order valence-corrected chi connectivity index (χ0v) is 16.9. The summed E-state index contributed by atoms with van der Waals surface area (Å²) < 4.78 is 8.86. The van der Waals surface area contributed by atoms with Crippen molar-refractivity contribution >= 4 is 16.8 Å². The van der Waals surface area contributed by atoms with Crippen LogP contribution in [0.3, 0.4) is 0 Å². The molecule has 0 radical (unpaired) electrons. The van der Waals surface area contributed by atoms with Gasteiger partial charge in [-0.05, 0) is 24.5 Å². The van der Waals surface area contributed by atoms with Crippen molar-refractivity contribution in [2.45, 2.75) is 49.9 Å². The first kappa shape index (κ1) is 17.3. The Morgan fingerprint density at radius 2 is 1.72 bits per heavy atom. The molecule has 3 aromatic rings. The first-order chi connectivity index (χ1) is 14.2. The van der Waals surface area contributed by atoms with Crippen LogP contribution in [0.5, 0.6) is 0 Å². The molecule has 1 spiro atoms. The topological polar surface area (TPSA) is 29.8 Å². The summed E-state index contributed by atoms with van der Waals surface area (Å²) in [6, 6.07) is 20.6. The minimum Gasteiger partial charge on any atom is -0.469 e. The van der Waals surface area contributed by atoms with Crippen LogP contribution in [0.25, 0.3) is 10.9 Å². The van der Waals surface area contributed by atoms with E-state index in [9.17, 15) is 0 Å². The van der Waals surface area contributed by atoms with Gasteiger partial charge in [0.15, 0.2) is 0 Å². The smallest absolute Gasteiger partial charge is 0.219 e. The van der Waals surface area contributed by atoms with E-state index in [1.165, 1.54) is 29.3 Å². The molecule has 4 heterocycles. The monoisotopic (exact) mass is 385 g/mol. The fourth-order valence-electron chi connectivity index (χ4n) is 5.80. The van der Waals surface area contributed by atoms with Crippen molar-refractivity contribution in [3.8, 4) is 0 Å². The van der Waals surface area contributed by atoms with Crippen LogP contribution in [-0.2, 0) is 18.3 Å². The summed E-state index contributed by atoms with van der Waals surface area (Å²) in [5, 5.41) is 1.23. The summed E-state index contributed by atoms with van der Waals surface area (Å²) in [5.41, 5.74) is 3.68. The number of aliphatic imine (C=N–C) groups is 1. The number of ether oxygens (including phenoxy) is 1. The van der Waals surface area contributed by atoms with Crippen LogP contribution in [0.2, 0.25) is 0 Å². The minimum absolute atomic E-state index is 0.106. The molecule has 3 atom stereocenters. The van der Waals surface area contributed by atoms with Crippen LogP contribution in [0.4, 0.5) is 0 Å². The molecule has 2 fully saturated rings. The second-order valence-electron chi connectivity index (χ2n) is 9.03. The lowest BCUT2D eigenvalue weighted by Crippen LogP contribution is -2.52. The van der Waals surface area contributed by atoms with Gasteiger partial charge in [-0.2, -0.15) is 0 Å². The van der Waals surface area contributed by atoms with E-state index in [0.717, 1.165) is 37.4 Å². The van der Waals surface area contributed by atoms with Crippen molar-refractivity contribution < 1.29 is 4.74 Å². The number of hydrogen-bond donors (Lipinski definition) is 0. The summed E-state index contributed by atoms with van der Waals surface area (Å²) >= 11 is 0. The third-order valence-electron chi connectivity index (χ3n) is 7.15. The van der Waals surface area contributed by atoms with Crippen LogP contribution < -0.4 is 0 Å². The zero-order chi connectivity index (χ0) is 19.4. The Bertz CT molecular complexity index is 1070. The Balaban J connectivity index is 1.23. The molecule has 2 bridgehead atoms. The van der Waals surface area contributed by atoms with Crippen molar-refractivity contribution in [1.82, 2.24) is 9.47 Å². The number of aryl methyl sites for hydroxylation is 1. The first-order valence-corrected chi connectivity index (χ1v) is 10.8. The van der Waals surface area contributed by atoms with Crippen LogP contribution in [-0.4, -0.2) is 39.6 Å². The Kier molecular flexibility index (Phi) is 3.85. The predicted octanol–water partition coefficient (Wildman–Crippen LogP) is 4.52. The Hall–Kier alpha value is -2.59. The highest BCUT2D eigenvalue weighted by Crippen LogP contribution is 2.45. The van der Waals surface area contributed by atoms with E-state index in [4.69, 9.17) is 9.73 Å². The maximum atomic E-state index is 6.69. The molecule has 1 unspecified atom stereocenters. The first-order valence-electron chi connectivity index (χ1n) is 10.8. The van der Waals surface area contributed by atoms with E-state index < -0.39 is 0 Å². The Labute approximate surface area is 171 Å². The van der Waals surface area contributed by atoms with E-state index in [2.05, 4.69) is 77.3 Å². The lowest BCUT2D eigenvalue weighted by atomic mass is 9.86. The summed E-state index contributed by atoms with van der Waals surface area (Å²) in [5.74, 6) is 0.845. The Morgan fingerprint density at radius 3 is 2.52 bits per heavy atom. The minimum atomic E-state index is -0.106. The molecule has 0 amide bonds. The van der Waals surface area contributed by atoms with Gasteiger partial charge in [-0.15, -0.1) is 0 Å². The maximum absolute atomic E-state index is 6.69. The normalized spacial score (nSPS) is 28.8. The molecule has 148 valence electrons. The van der Waals surface area contributed by atoms with Crippen molar-refractivity contribution in [3.63, 3.8) is 0 Å². The van der Waals surface area contributed by atoms with Gasteiger partial charge in [0.2, 0.25) is 5.90 Å². The van der Waals surface area contributed by atoms with Gasteiger partial charge in [-0.1, -0.05) is 48.5 Å². The Morgan fingerprint density at radius 1 is 1.00 bits per heavy atom. The average molecular weight is 386 g/mol. The largest absolute Gasteiger partial charge is 0.469 e. The molecule has 2 saturated heterocycles. The number of para-hydroxylation sites is 1. The van der Waals surface area contributed by atoms with Gasteiger partial charge < -0.3 is 9.30 Å². The van der Waals surface area contributed by atoms with Gasteiger partial charge in [-0.25, -0.2) is 4.99 Å². The maximum Gasteiger partial charge on any atom is 0.219 e. The second-order valence-corrected chi connectivity index (χ2v) is 9.03. The molecule has 0 saturated carbocycles. The number of rotatable bonds is 3. The molecule has 3 aliphatic rings. The van der Waals surface area contributed by atoms with E-state index in [-0.39, 0.29) is 5.60 Å². The third kappa shape index (κ3) is 2.81. The zero-order valence-electron chi connectivity index (χ0n) is 16.9. The number of nitrogens with zero attached hydrogens (tertiary/aromatic N) is 3. The van der Waals surface area contributed by atoms with E-state index in [0.29, 0.717) is 12.1 Å². The molecule has 1 aromatic heterocycles. The highest BCUT2D eigenvalue weighted by atomic mass is 16.5. The second kappa shape index (κ2) is 6.46. The number of fused-ring (bicyclic) bond motifs is 3. The van der Waals surface area contributed by atoms with E-state index >= 15 is 0 Å². The number of aromatic nitrogens is 1. The van der Waals surface area contributed by atoms with Crippen LogP contribution in [0, 0.1) is 0 Å². The summed E-state index contributed by atoms with van der Waals surface area (Å²) in [4.78, 5) is 7.64. The van der Waals surface area contributed by atoms with Gasteiger partial charge in [0, 0.05) is 55.6 Å². The van der Waals surface area contributed by atoms with E-state index in [1.807, 2.05) is 0 Å². The highest BCUT2D eigenvalue weighted by molar-refractivity contribution is 6.07. The van der Waals surface area contributed by atoms with Crippen LogP contribution in [0.15, 0.2) is 65.8 Å². The summed E-state index contributed by atoms with van der Waals surface area (Å²) in [6.07, 6.45) is 6.92. The fraction of sp³-hybridized carbons (Fsp3) is 0.400. The fourth-order valence-corrected chi connectivity index (χ4v) is 5.80.